The van der Waals surface area contributed by atoms with Gasteiger partial charge in [-0.2, -0.15) is 4.98 Å². The first-order valence-corrected chi connectivity index (χ1v) is 10.7. The predicted octanol–water partition coefficient (Wildman–Crippen LogP) is 5.13. The van der Waals surface area contributed by atoms with Gasteiger partial charge in [-0.25, -0.2) is 4.98 Å². The highest BCUT2D eigenvalue weighted by molar-refractivity contribution is 6.11. The van der Waals surface area contributed by atoms with E-state index in [1.165, 1.54) is 0 Å². The smallest absolute Gasteiger partial charge is 0.260 e. The van der Waals surface area contributed by atoms with E-state index in [1.807, 2.05) is 42.5 Å². The van der Waals surface area contributed by atoms with E-state index in [2.05, 4.69) is 23.8 Å². The fourth-order valence-corrected chi connectivity index (χ4v) is 4.10. The Labute approximate surface area is 182 Å². The van der Waals surface area contributed by atoms with Crippen LogP contribution in [0.4, 0.5) is 5.82 Å². The Hall–Kier alpha value is -3.28. The minimum absolute atomic E-state index is 0.134. The van der Waals surface area contributed by atoms with E-state index < -0.39 is 0 Å². The summed E-state index contributed by atoms with van der Waals surface area (Å²) in [5.74, 6) is 1.56. The number of anilines is 1. The monoisotopic (exact) mass is 417 g/mol. The fraction of sp³-hybridized carbons (Fsp3) is 0.360. The minimum Gasteiger partial charge on any atom is -0.481 e. The van der Waals surface area contributed by atoms with Gasteiger partial charge in [0, 0.05) is 29.9 Å². The maximum atomic E-state index is 13.3. The molecule has 1 unspecified atom stereocenters. The summed E-state index contributed by atoms with van der Waals surface area (Å²) in [4.78, 5) is 36.8. The quantitative estimate of drug-likeness (QED) is 0.508. The van der Waals surface area contributed by atoms with Crippen LogP contribution in [0, 0.1) is 5.92 Å². The number of rotatable bonds is 8. The maximum absolute atomic E-state index is 13.3. The molecule has 0 aliphatic carbocycles. The molecule has 1 aliphatic heterocycles. The molecule has 4 rings (SSSR count). The van der Waals surface area contributed by atoms with Crippen molar-refractivity contribution in [2.24, 2.45) is 5.92 Å². The number of fused-ring (bicyclic) bond motifs is 2. The Morgan fingerprint density at radius 3 is 2.65 bits per heavy atom. The van der Waals surface area contributed by atoms with Crippen LogP contribution in [0.15, 0.2) is 48.5 Å². The summed E-state index contributed by atoms with van der Waals surface area (Å²) in [5, 5.41) is 0.857. The Bertz CT molecular complexity index is 1130. The van der Waals surface area contributed by atoms with Gasteiger partial charge in [0.25, 0.3) is 5.91 Å². The van der Waals surface area contributed by atoms with Crippen LogP contribution in [0.3, 0.4) is 0 Å². The summed E-state index contributed by atoms with van der Waals surface area (Å²) in [6, 6.07) is 14.5. The van der Waals surface area contributed by atoms with Gasteiger partial charge in [-0.15, -0.1) is 0 Å². The minimum atomic E-state index is -0.356. The average molecular weight is 418 g/mol. The number of Topliss-reactive ketones (excluding diaryl/α,β-unsaturated/α-hetero) is 1. The zero-order chi connectivity index (χ0) is 22.0. The van der Waals surface area contributed by atoms with Crippen LogP contribution in [0.25, 0.3) is 11.0 Å². The molecule has 1 atom stereocenters. The van der Waals surface area contributed by atoms with Gasteiger partial charge in [0.05, 0.1) is 13.2 Å². The van der Waals surface area contributed by atoms with Crippen molar-refractivity contribution in [2.45, 2.75) is 45.6 Å². The molecule has 3 aromatic rings. The zero-order valence-electron chi connectivity index (χ0n) is 18.2. The Morgan fingerprint density at radius 1 is 1.10 bits per heavy atom. The van der Waals surface area contributed by atoms with Crippen LogP contribution in [0.1, 0.15) is 61.5 Å². The van der Waals surface area contributed by atoms with Gasteiger partial charge in [0.1, 0.15) is 11.6 Å². The number of ether oxygens (including phenoxy) is 1. The lowest BCUT2D eigenvalue weighted by Crippen LogP contribution is -2.30. The second kappa shape index (κ2) is 8.84. The van der Waals surface area contributed by atoms with E-state index in [1.54, 1.807) is 18.1 Å². The summed E-state index contributed by atoms with van der Waals surface area (Å²) < 4.78 is 5.21. The first kappa shape index (κ1) is 21.0. The van der Waals surface area contributed by atoms with Crippen molar-refractivity contribution in [3.05, 3.63) is 59.7 Å². The first-order chi connectivity index (χ1) is 15.0. The Kier molecular flexibility index (Phi) is 5.98. The molecule has 160 valence electrons. The van der Waals surface area contributed by atoms with Crippen molar-refractivity contribution < 1.29 is 14.3 Å². The first-order valence-electron chi connectivity index (χ1n) is 10.7. The molecule has 0 saturated carbocycles. The molecule has 0 spiro atoms. The van der Waals surface area contributed by atoms with Crippen LogP contribution in [0.2, 0.25) is 0 Å². The number of ketones is 1. The molecule has 0 fully saturated rings. The van der Waals surface area contributed by atoms with E-state index in [4.69, 9.17) is 4.74 Å². The van der Waals surface area contributed by atoms with Crippen LogP contribution < -0.4 is 9.64 Å². The third kappa shape index (κ3) is 4.29. The molecule has 0 N–H and O–H groups in total. The molecule has 1 amide bonds. The van der Waals surface area contributed by atoms with Gasteiger partial charge in [-0.3, -0.25) is 14.5 Å². The molecule has 3 heterocycles. The molecule has 2 aromatic heterocycles. The summed E-state index contributed by atoms with van der Waals surface area (Å²) in [5.41, 5.74) is 2.01. The number of benzene rings is 1. The van der Waals surface area contributed by atoms with Crippen molar-refractivity contribution in [2.75, 3.05) is 12.0 Å². The van der Waals surface area contributed by atoms with E-state index in [0.717, 1.165) is 23.8 Å². The second-order valence-electron chi connectivity index (χ2n) is 8.38. The Morgan fingerprint density at radius 2 is 1.87 bits per heavy atom. The number of nitrogens with zero attached hydrogens (tertiary/aromatic N) is 3. The molecule has 6 heteroatoms. The van der Waals surface area contributed by atoms with Gasteiger partial charge >= 0.3 is 0 Å². The van der Waals surface area contributed by atoms with E-state index in [0.29, 0.717) is 35.2 Å². The third-order valence-electron chi connectivity index (χ3n) is 5.71. The van der Waals surface area contributed by atoms with E-state index in [-0.39, 0.29) is 24.2 Å². The van der Waals surface area contributed by atoms with Crippen molar-refractivity contribution in [3.63, 3.8) is 0 Å². The van der Waals surface area contributed by atoms with E-state index >= 15 is 0 Å². The molecule has 1 aromatic carbocycles. The topological polar surface area (TPSA) is 72.4 Å². The highest BCUT2D eigenvalue weighted by Crippen LogP contribution is 2.39. The number of hydrogen-bond acceptors (Lipinski definition) is 5. The van der Waals surface area contributed by atoms with Crippen LogP contribution in [0.5, 0.6) is 5.88 Å². The lowest BCUT2D eigenvalue weighted by molar-refractivity contribution is -0.119. The lowest BCUT2D eigenvalue weighted by Gasteiger charge is -2.24. The van der Waals surface area contributed by atoms with Gasteiger partial charge in [0.15, 0.2) is 5.65 Å². The average Bonchev–Trinajstić information content (AvgIpc) is 3.04. The molecule has 0 saturated heterocycles. The number of pyridine rings is 2. The van der Waals surface area contributed by atoms with Crippen LogP contribution in [-0.2, 0) is 4.79 Å². The van der Waals surface area contributed by atoms with Gasteiger partial charge < -0.3 is 4.74 Å². The fourth-order valence-electron chi connectivity index (χ4n) is 4.10. The molecule has 1 aliphatic rings. The molecular weight excluding hydrogens is 390 g/mol. The number of carbonyl (C=O) groups is 2. The third-order valence-corrected chi connectivity index (χ3v) is 5.71. The normalized spacial score (nSPS) is 15.5. The number of aromatic nitrogens is 2. The highest BCUT2D eigenvalue weighted by Gasteiger charge is 2.39. The molecule has 0 radical (unpaired) electrons. The van der Waals surface area contributed by atoms with Crippen LogP contribution >= 0.6 is 0 Å². The number of carbonyl (C=O) groups excluding carboxylic acids is 2. The lowest BCUT2D eigenvalue weighted by atomic mass is 9.97. The molecule has 31 heavy (non-hydrogen) atoms. The second-order valence-corrected chi connectivity index (χ2v) is 8.38. The van der Waals surface area contributed by atoms with Crippen molar-refractivity contribution >= 4 is 28.5 Å². The summed E-state index contributed by atoms with van der Waals surface area (Å²) >= 11 is 0. The van der Waals surface area contributed by atoms with E-state index in [9.17, 15) is 9.59 Å². The predicted molar refractivity (Wildman–Crippen MR) is 120 cm³/mol. The Balaban J connectivity index is 1.67. The zero-order valence-corrected chi connectivity index (χ0v) is 18.2. The molecule has 6 nitrogen and oxygen atoms in total. The van der Waals surface area contributed by atoms with Gasteiger partial charge in [0.2, 0.25) is 5.88 Å². The SMILES string of the molecule is COc1ccc2ccc(N3C(=O)c4ccccc4C3CC(=O)CCCC(C)C)nc2n1. The number of hydrogen-bond donors (Lipinski definition) is 0. The van der Waals surface area contributed by atoms with Gasteiger partial charge in [-0.05, 0) is 42.2 Å². The summed E-state index contributed by atoms with van der Waals surface area (Å²) in [6.45, 7) is 4.32. The summed E-state index contributed by atoms with van der Waals surface area (Å²) in [6.07, 6.45) is 2.71. The van der Waals surface area contributed by atoms with Gasteiger partial charge in [-0.1, -0.05) is 38.5 Å². The maximum Gasteiger partial charge on any atom is 0.260 e. The van der Waals surface area contributed by atoms with Crippen molar-refractivity contribution in [3.8, 4) is 5.88 Å². The molecular formula is C25H27N3O3. The summed E-state index contributed by atoms with van der Waals surface area (Å²) in [7, 11) is 1.56. The number of methoxy groups -OCH3 is 1. The standard InChI is InChI=1S/C25H27N3O3/c1-16(2)7-6-8-18(29)15-21-19-9-4-5-10-20(19)25(30)28(21)22-13-11-17-12-14-23(31-3)27-24(17)26-22/h4-5,9-14,16,21H,6-8,15H2,1-3H3. The molecule has 0 bridgehead atoms. The van der Waals surface area contributed by atoms with Crippen molar-refractivity contribution in [1.82, 2.24) is 9.97 Å². The van der Waals surface area contributed by atoms with Crippen molar-refractivity contribution in [1.29, 1.82) is 0 Å². The number of amides is 1. The van der Waals surface area contributed by atoms with Crippen LogP contribution in [-0.4, -0.2) is 28.8 Å². The largest absolute Gasteiger partial charge is 0.481 e. The highest BCUT2D eigenvalue weighted by atomic mass is 16.5.